The quantitative estimate of drug-likeness (QED) is 0.886. The number of nitrogens with zero attached hydrogens (tertiary/aromatic N) is 6. The van der Waals surface area contributed by atoms with Gasteiger partial charge in [-0.25, -0.2) is 4.98 Å². The lowest BCUT2D eigenvalue weighted by Gasteiger charge is -2.32. The molecule has 8 nitrogen and oxygen atoms in total. The zero-order chi connectivity index (χ0) is 15.5. The van der Waals surface area contributed by atoms with E-state index in [4.69, 9.17) is 0 Å². The molecule has 8 heteroatoms. The van der Waals surface area contributed by atoms with Crippen LogP contribution in [0.1, 0.15) is 30.3 Å². The van der Waals surface area contributed by atoms with Crippen LogP contribution < -0.4 is 10.2 Å². The number of nitrogens with one attached hydrogen (secondary N) is 1. The number of amides is 1. The average Bonchev–Trinajstić information content (AvgIpc) is 3.17. The Kier molecular flexibility index (Phi) is 4.08. The number of imidazole rings is 1. The van der Waals surface area contributed by atoms with Gasteiger partial charge in [0, 0.05) is 45.1 Å². The van der Waals surface area contributed by atoms with E-state index < -0.39 is 0 Å². The molecule has 3 rings (SSSR count). The highest BCUT2D eigenvalue weighted by atomic mass is 16.2. The lowest BCUT2D eigenvalue weighted by Crippen LogP contribution is -2.45. The molecule has 2 aromatic rings. The number of rotatable bonds is 4. The predicted molar refractivity (Wildman–Crippen MR) is 81.6 cm³/mol. The maximum absolute atomic E-state index is 12.1. The molecule has 0 aliphatic carbocycles. The van der Waals surface area contributed by atoms with Gasteiger partial charge in [0.1, 0.15) is 0 Å². The van der Waals surface area contributed by atoms with Crippen molar-refractivity contribution >= 4 is 11.9 Å². The van der Waals surface area contributed by atoms with Gasteiger partial charge in [0.15, 0.2) is 5.69 Å². The number of carbonyl (C=O) groups is 1. The molecule has 22 heavy (non-hydrogen) atoms. The Bertz CT molecular complexity index is 639. The van der Waals surface area contributed by atoms with Crippen molar-refractivity contribution in [3.05, 3.63) is 24.3 Å². The number of hydrogen-bond donors (Lipinski definition) is 1. The van der Waals surface area contributed by atoms with E-state index in [0.29, 0.717) is 12.2 Å². The highest BCUT2D eigenvalue weighted by Gasteiger charge is 2.23. The van der Waals surface area contributed by atoms with E-state index in [9.17, 15) is 4.79 Å². The van der Waals surface area contributed by atoms with Gasteiger partial charge < -0.3 is 14.8 Å². The molecule has 0 spiro atoms. The molecule has 0 radical (unpaired) electrons. The number of anilines is 1. The molecule has 1 fully saturated rings. The van der Waals surface area contributed by atoms with Gasteiger partial charge in [0.2, 0.25) is 5.95 Å². The molecule has 1 aliphatic heterocycles. The second kappa shape index (κ2) is 6.17. The SMILES string of the molecule is CCn1cc(C(=O)NC2CCN(c3nccn3C)CC2)nn1. The summed E-state index contributed by atoms with van der Waals surface area (Å²) < 4.78 is 3.67. The number of aryl methyl sites for hydroxylation is 2. The fourth-order valence-corrected chi connectivity index (χ4v) is 2.70. The van der Waals surface area contributed by atoms with Crippen LogP contribution in [0.25, 0.3) is 0 Å². The first-order chi connectivity index (χ1) is 10.7. The fraction of sp³-hybridized carbons (Fsp3) is 0.571. The molecular weight excluding hydrogens is 282 g/mol. The average molecular weight is 303 g/mol. The van der Waals surface area contributed by atoms with Gasteiger partial charge >= 0.3 is 0 Å². The number of carbonyl (C=O) groups excluding carboxylic acids is 1. The number of aromatic nitrogens is 5. The Morgan fingerprint density at radius 2 is 2.18 bits per heavy atom. The van der Waals surface area contributed by atoms with Crippen molar-refractivity contribution in [2.75, 3.05) is 18.0 Å². The van der Waals surface area contributed by atoms with Gasteiger partial charge in [-0.1, -0.05) is 5.21 Å². The Morgan fingerprint density at radius 3 is 2.77 bits per heavy atom. The Balaban J connectivity index is 1.53. The molecule has 0 atom stereocenters. The van der Waals surface area contributed by atoms with Crippen molar-refractivity contribution in [2.24, 2.45) is 7.05 Å². The first-order valence-corrected chi connectivity index (χ1v) is 7.60. The third kappa shape index (κ3) is 2.95. The summed E-state index contributed by atoms with van der Waals surface area (Å²) in [6, 6.07) is 0.177. The van der Waals surface area contributed by atoms with E-state index in [2.05, 4.69) is 25.5 Å². The molecule has 3 heterocycles. The van der Waals surface area contributed by atoms with E-state index in [1.165, 1.54) is 0 Å². The smallest absolute Gasteiger partial charge is 0.273 e. The third-order valence-electron chi connectivity index (χ3n) is 4.00. The van der Waals surface area contributed by atoms with Gasteiger partial charge in [-0.15, -0.1) is 5.10 Å². The second-order valence-electron chi connectivity index (χ2n) is 5.53. The third-order valence-corrected chi connectivity index (χ3v) is 4.00. The monoisotopic (exact) mass is 303 g/mol. The van der Waals surface area contributed by atoms with Crippen molar-refractivity contribution < 1.29 is 4.79 Å². The zero-order valence-electron chi connectivity index (χ0n) is 12.9. The van der Waals surface area contributed by atoms with E-state index in [-0.39, 0.29) is 11.9 Å². The molecule has 2 aromatic heterocycles. The molecule has 1 aliphatic rings. The Morgan fingerprint density at radius 1 is 1.41 bits per heavy atom. The van der Waals surface area contributed by atoms with Crippen LogP contribution >= 0.6 is 0 Å². The summed E-state index contributed by atoms with van der Waals surface area (Å²) in [5.74, 6) is 0.839. The van der Waals surface area contributed by atoms with E-state index in [1.807, 2.05) is 24.7 Å². The van der Waals surface area contributed by atoms with Crippen LogP contribution in [0.5, 0.6) is 0 Å². The van der Waals surface area contributed by atoms with E-state index in [0.717, 1.165) is 31.9 Å². The first-order valence-electron chi connectivity index (χ1n) is 7.60. The molecular formula is C14H21N7O. The Hall–Kier alpha value is -2.38. The van der Waals surface area contributed by atoms with Gasteiger partial charge in [-0.05, 0) is 19.8 Å². The highest BCUT2D eigenvalue weighted by molar-refractivity contribution is 5.92. The minimum Gasteiger partial charge on any atom is -0.348 e. The minimum absolute atomic E-state index is 0.143. The van der Waals surface area contributed by atoms with Crippen LogP contribution in [0.15, 0.2) is 18.6 Å². The van der Waals surface area contributed by atoms with Crippen molar-refractivity contribution in [1.29, 1.82) is 0 Å². The predicted octanol–water partition coefficient (Wildman–Crippen LogP) is 0.430. The molecule has 118 valence electrons. The number of hydrogen-bond acceptors (Lipinski definition) is 5. The fourth-order valence-electron chi connectivity index (χ4n) is 2.70. The molecule has 1 amide bonds. The van der Waals surface area contributed by atoms with E-state index >= 15 is 0 Å². The van der Waals surface area contributed by atoms with Crippen molar-refractivity contribution in [3.8, 4) is 0 Å². The zero-order valence-corrected chi connectivity index (χ0v) is 12.9. The summed E-state index contributed by atoms with van der Waals surface area (Å²) in [5, 5.41) is 10.8. The summed E-state index contributed by atoms with van der Waals surface area (Å²) in [7, 11) is 1.99. The molecule has 1 saturated heterocycles. The van der Waals surface area contributed by atoms with Crippen LogP contribution in [0.3, 0.4) is 0 Å². The largest absolute Gasteiger partial charge is 0.348 e. The van der Waals surface area contributed by atoms with Gasteiger partial charge in [-0.3, -0.25) is 9.48 Å². The van der Waals surface area contributed by atoms with Crippen LogP contribution in [-0.4, -0.2) is 49.6 Å². The van der Waals surface area contributed by atoms with Crippen LogP contribution in [0, 0.1) is 0 Å². The first kappa shape index (κ1) is 14.6. The van der Waals surface area contributed by atoms with E-state index in [1.54, 1.807) is 17.1 Å². The van der Waals surface area contributed by atoms with Crippen molar-refractivity contribution in [2.45, 2.75) is 32.4 Å². The second-order valence-corrected chi connectivity index (χ2v) is 5.53. The maximum atomic E-state index is 12.1. The van der Waals surface area contributed by atoms with Gasteiger partial charge in [0.25, 0.3) is 5.91 Å². The normalized spacial score (nSPS) is 16.0. The summed E-state index contributed by atoms with van der Waals surface area (Å²) in [5.41, 5.74) is 0.383. The van der Waals surface area contributed by atoms with Crippen molar-refractivity contribution in [1.82, 2.24) is 29.9 Å². The Labute approximate surface area is 129 Å². The molecule has 0 bridgehead atoms. The number of piperidine rings is 1. The standard InChI is InChI=1S/C14H21N7O/c1-3-21-10-12(17-18-21)13(22)16-11-4-7-20(8-5-11)14-15-6-9-19(14)2/h6,9-11H,3-5,7-8H2,1-2H3,(H,16,22). The summed E-state index contributed by atoms with van der Waals surface area (Å²) >= 11 is 0. The van der Waals surface area contributed by atoms with Crippen LogP contribution in [-0.2, 0) is 13.6 Å². The summed E-state index contributed by atoms with van der Waals surface area (Å²) in [4.78, 5) is 18.8. The van der Waals surface area contributed by atoms with Crippen LogP contribution in [0.2, 0.25) is 0 Å². The lowest BCUT2D eigenvalue weighted by molar-refractivity contribution is 0.0926. The molecule has 0 saturated carbocycles. The maximum Gasteiger partial charge on any atom is 0.273 e. The summed E-state index contributed by atoms with van der Waals surface area (Å²) in [6.45, 7) is 4.45. The van der Waals surface area contributed by atoms with Crippen molar-refractivity contribution in [3.63, 3.8) is 0 Å². The molecule has 1 N–H and O–H groups in total. The van der Waals surface area contributed by atoms with Gasteiger partial charge in [-0.2, -0.15) is 0 Å². The van der Waals surface area contributed by atoms with Crippen LogP contribution in [0.4, 0.5) is 5.95 Å². The summed E-state index contributed by atoms with van der Waals surface area (Å²) in [6.07, 6.45) is 7.24. The lowest BCUT2D eigenvalue weighted by atomic mass is 10.1. The molecule has 0 unspecified atom stereocenters. The topological polar surface area (TPSA) is 80.9 Å². The highest BCUT2D eigenvalue weighted by Crippen LogP contribution is 2.17. The van der Waals surface area contributed by atoms with Gasteiger partial charge in [0.05, 0.1) is 6.20 Å². The minimum atomic E-state index is -0.143. The molecule has 0 aromatic carbocycles.